The Morgan fingerprint density at radius 3 is 2.55 bits per heavy atom. The first kappa shape index (κ1) is 23.7. The second-order valence-corrected chi connectivity index (χ2v) is 10.4. The number of carbonyl (C=O) groups excluding carboxylic acids is 2. The van der Waals surface area contributed by atoms with Crippen LogP contribution >= 0.6 is 15.9 Å². The Bertz CT molecular complexity index is 1050. The summed E-state index contributed by atoms with van der Waals surface area (Å²) in [5.41, 5.74) is 9.21. The summed E-state index contributed by atoms with van der Waals surface area (Å²) >= 11 is 3.54. The number of aryl methyl sites for hydroxylation is 2. The molecule has 0 radical (unpaired) electrons. The summed E-state index contributed by atoms with van der Waals surface area (Å²) in [7, 11) is 0. The summed E-state index contributed by atoms with van der Waals surface area (Å²) in [4.78, 5) is 28.7. The summed E-state index contributed by atoms with van der Waals surface area (Å²) < 4.78 is 0.927. The van der Waals surface area contributed by atoms with Crippen LogP contribution in [0.5, 0.6) is 11.5 Å². The van der Waals surface area contributed by atoms with E-state index < -0.39 is 5.91 Å². The predicted molar refractivity (Wildman–Crippen MR) is 129 cm³/mol. The van der Waals surface area contributed by atoms with Crippen LogP contribution < -0.4 is 5.73 Å². The van der Waals surface area contributed by atoms with Gasteiger partial charge in [-0.3, -0.25) is 14.6 Å². The standard InChI is InChI=1S/C26H31BrN2O4/c27-19-11-18-8-7-17-12-20(30)13-22(32)24(17)25(26(18)29-14-19)16-4-2-1-3-15(5-6-16)21(31)9-10-23(28)33/h11-16,25,30,32H,1-10H2,(H2,28,33). The molecule has 3 atom stereocenters. The van der Waals surface area contributed by atoms with Crippen molar-refractivity contribution in [1.29, 1.82) is 0 Å². The Labute approximate surface area is 202 Å². The van der Waals surface area contributed by atoms with Crippen LogP contribution in [0.15, 0.2) is 28.9 Å². The Morgan fingerprint density at radius 2 is 1.76 bits per heavy atom. The number of amides is 1. The summed E-state index contributed by atoms with van der Waals surface area (Å²) in [5, 5.41) is 21.1. The molecule has 1 aromatic heterocycles. The molecule has 2 aromatic rings. The number of pyridine rings is 1. The van der Waals surface area contributed by atoms with Crippen molar-refractivity contribution < 1.29 is 19.8 Å². The topological polar surface area (TPSA) is 114 Å². The number of hydrogen-bond acceptors (Lipinski definition) is 5. The van der Waals surface area contributed by atoms with E-state index in [9.17, 15) is 19.8 Å². The Kier molecular flexibility index (Phi) is 7.37. The van der Waals surface area contributed by atoms with E-state index in [-0.39, 0.29) is 47.9 Å². The monoisotopic (exact) mass is 514 g/mol. The predicted octanol–water partition coefficient (Wildman–Crippen LogP) is 4.91. The molecule has 0 aliphatic heterocycles. The zero-order valence-electron chi connectivity index (χ0n) is 18.7. The van der Waals surface area contributed by atoms with Crippen molar-refractivity contribution in [2.75, 3.05) is 0 Å². The molecule has 0 bridgehead atoms. The largest absolute Gasteiger partial charge is 0.508 e. The van der Waals surface area contributed by atoms with Crippen molar-refractivity contribution in [3.05, 3.63) is 51.3 Å². The van der Waals surface area contributed by atoms with E-state index in [1.807, 2.05) is 6.20 Å². The number of benzene rings is 1. The summed E-state index contributed by atoms with van der Waals surface area (Å²) in [5.74, 6) is -0.0440. The number of aromatic nitrogens is 1. The smallest absolute Gasteiger partial charge is 0.217 e. The number of nitrogens with two attached hydrogens (primary N) is 1. The van der Waals surface area contributed by atoms with Crippen molar-refractivity contribution in [2.45, 2.75) is 70.1 Å². The first-order valence-electron chi connectivity index (χ1n) is 11.8. The second-order valence-electron chi connectivity index (χ2n) is 9.46. The van der Waals surface area contributed by atoms with Gasteiger partial charge in [0.25, 0.3) is 0 Å². The SMILES string of the molecule is NC(=O)CCC(=O)C1CCCCC(C2c3ncc(Br)cc3CCc3cc(O)cc(O)c32)CC1. The molecule has 1 saturated carbocycles. The van der Waals surface area contributed by atoms with Gasteiger partial charge in [-0.25, -0.2) is 0 Å². The number of phenolic OH excluding ortho intramolecular Hbond substituents is 2. The van der Waals surface area contributed by atoms with Gasteiger partial charge < -0.3 is 15.9 Å². The van der Waals surface area contributed by atoms with Gasteiger partial charge in [0, 0.05) is 47.0 Å². The van der Waals surface area contributed by atoms with Crippen LogP contribution in [0.1, 0.15) is 79.7 Å². The molecule has 3 unspecified atom stereocenters. The highest BCUT2D eigenvalue weighted by Crippen LogP contribution is 2.48. The minimum absolute atomic E-state index is 0.0526. The Hall–Kier alpha value is -2.41. The van der Waals surface area contributed by atoms with E-state index in [1.165, 1.54) is 6.07 Å². The minimum Gasteiger partial charge on any atom is -0.508 e. The number of nitrogens with zero attached hydrogens (tertiary/aromatic N) is 1. The molecule has 1 fully saturated rings. The zero-order valence-corrected chi connectivity index (χ0v) is 20.3. The van der Waals surface area contributed by atoms with Crippen molar-refractivity contribution in [3.63, 3.8) is 0 Å². The van der Waals surface area contributed by atoms with Gasteiger partial charge in [0.05, 0.1) is 5.69 Å². The quantitative estimate of drug-likeness (QED) is 0.524. The number of Topliss-reactive ketones (excluding diaryl/α,β-unsaturated/α-hetero) is 1. The van der Waals surface area contributed by atoms with Crippen LogP contribution in [0.4, 0.5) is 0 Å². The van der Waals surface area contributed by atoms with Gasteiger partial charge in [-0.05, 0) is 83.6 Å². The molecule has 4 N–H and O–H groups in total. The first-order valence-corrected chi connectivity index (χ1v) is 12.6. The van der Waals surface area contributed by atoms with Crippen LogP contribution in [0.2, 0.25) is 0 Å². The van der Waals surface area contributed by atoms with Gasteiger partial charge in [0.1, 0.15) is 17.3 Å². The van der Waals surface area contributed by atoms with Crippen LogP contribution in [0.3, 0.4) is 0 Å². The average Bonchev–Trinajstić information content (AvgIpc) is 2.89. The average molecular weight is 515 g/mol. The zero-order chi connectivity index (χ0) is 23.5. The molecular formula is C26H31BrN2O4. The normalized spacial score (nSPS) is 22.9. The minimum atomic E-state index is -0.435. The number of rotatable bonds is 5. The maximum atomic E-state index is 12.7. The number of primary amides is 1. The lowest BCUT2D eigenvalue weighted by atomic mass is 9.73. The Balaban J connectivity index is 1.68. The van der Waals surface area contributed by atoms with Crippen LogP contribution in [-0.4, -0.2) is 26.9 Å². The van der Waals surface area contributed by atoms with E-state index in [2.05, 4.69) is 22.0 Å². The van der Waals surface area contributed by atoms with Gasteiger partial charge in [-0.15, -0.1) is 0 Å². The van der Waals surface area contributed by atoms with Crippen molar-refractivity contribution in [3.8, 4) is 11.5 Å². The lowest BCUT2D eigenvalue weighted by Gasteiger charge is -2.32. The van der Waals surface area contributed by atoms with Gasteiger partial charge in [-0.1, -0.05) is 12.8 Å². The third-order valence-corrected chi connectivity index (χ3v) is 7.71. The highest BCUT2D eigenvalue weighted by molar-refractivity contribution is 9.10. The van der Waals surface area contributed by atoms with E-state index >= 15 is 0 Å². The second kappa shape index (κ2) is 10.2. The third-order valence-electron chi connectivity index (χ3n) is 7.27. The number of carbonyl (C=O) groups is 2. The lowest BCUT2D eigenvalue weighted by molar-refractivity contribution is -0.126. The molecule has 7 heteroatoms. The summed E-state index contributed by atoms with van der Waals surface area (Å²) in [6.45, 7) is 0. The molecule has 0 saturated heterocycles. The molecule has 1 heterocycles. The maximum absolute atomic E-state index is 12.7. The van der Waals surface area contributed by atoms with E-state index in [0.717, 1.165) is 78.2 Å². The lowest BCUT2D eigenvalue weighted by Crippen LogP contribution is -2.24. The highest BCUT2D eigenvalue weighted by atomic mass is 79.9. The number of fused-ring (bicyclic) bond motifs is 2. The number of hydrogen-bond donors (Lipinski definition) is 3. The van der Waals surface area contributed by atoms with Crippen molar-refractivity contribution in [2.24, 2.45) is 17.6 Å². The van der Waals surface area contributed by atoms with Gasteiger partial charge in [-0.2, -0.15) is 0 Å². The number of ketones is 1. The number of halogens is 1. The van der Waals surface area contributed by atoms with E-state index in [4.69, 9.17) is 10.7 Å². The summed E-state index contributed by atoms with van der Waals surface area (Å²) in [6, 6.07) is 5.30. The van der Waals surface area contributed by atoms with Gasteiger partial charge >= 0.3 is 0 Å². The van der Waals surface area contributed by atoms with Crippen LogP contribution in [0.25, 0.3) is 0 Å². The maximum Gasteiger partial charge on any atom is 0.217 e. The molecule has 0 spiro atoms. The van der Waals surface area contributed by atoms with E-state index in [1.54, 1.807) is 6.07 Å². The fourth-order valence-electron chi connectivity index (χ4n) is 5.69. The Morgan fingerprint density at radius 1 is 1.00 bits per heavy atom. The highest BCUT2D eigenvalue weighted by Gasteiger charge is 2.35. The molecule has 6 nitrogen and oxygen atoms in total. The molecule has 33 heavy (non-hydrogen) atoms. The van der Waals surface area contributed by atoms with Gasteiger partial charge in [0.2, 0.25) is 5.91 Å². The van der Waals surface area contributed by atoms with Crippen molar-refractivity contribution in [1.82, 2.24) is 4.98 Å². The third kappa shape index (κ3) is 5.40. The van der Waals surface area contributed by atoms with E-state index in [0.29, 0.717) is 0 Å². The molecule has 4 rings (SSSR count). The molecular weight excluding hydrogens is 484 g/mol. The van der Waals surface area contributed by atoms with Gasteiger partial charge in [0.15, 0.2) is 0 Å². The fraction of sp³-hybridized carbons (Fsp3) is 0.500. The molecule has 2 aliphatic carbocycles. The molecule has 176 valence electrons. The first-order chi connectivity index (χ1) is 15.8. The van der Waals surface area contributed by atoms with Crippen LogP contribution in [0, 0.1) is 11.8 Å². The molecule has 2 aliphatic rings. The van der Waals surface area contributed by atoms with Crippen LogP contribution in [-0.2, 0) is 22.4 Å². The fourth-order valence-corrected chi connectivity index (χ4v) is 6.07. The summed E-state index contributed by atoms with van der Waals surface area (Å²) in [6.07, 6.45) is 9.06. The molecule has 1 aromatic carbocycles. The van der Waals surface area contributed by atoms with Crippen molar-refractivity contribution >= 4 is 27.6 Å². The number of aromatic hydroxyl groups is 2. The molecule has 1 amide bonds. The number of phenols is 2.